The quantitative estimate of drug-likeness (QED) is 0.213. The van der Waals surface area contributed by atoms with E-state index in [1.165, 1.54) is 49.8 Å². The minimum atomic E-state index is 1.10. The van der Waals surface area contributed by atoms with Crippen LogP contribution in [0.25, 0.3) is 62.5 Å². The molecule has 0 aliphatic rings. The molecule has 0 radical (unpaired) electrons. The van der Waals surface area contributed by atoms with Crippen molar-refractivity contribution in [3.8, 4) is 22.5 Å². The fraction of sp³-hybridized carbons (Fsp3) is 0.0811. The maximum atomic E-state index is 4.17. The van der Waals surface area contributed by atoms with E-state index in [0.29, 0.717) is 0 Å². The van der Waals surface area contributed by atoms with Gasteiger partial charge in [0.25, 0.3) is 0 Å². The van der Waals surface area contributed by atoms with Crippen LogP contribution in [0.4, 0.5) is 0 Å². The van der Waals surface area contributed by atoms with Crippen LogP contribution in [0.5, 0.6) is 0 Å². The zero-order valence-corrected chi connectivity index (χ0v) is 22.7. The Labute approximate surface area is 230 Å². The molecule has 2 heteroatoms. The number of allylic oxidation sites excluding steroid dienone is 2. The molecule has 0 atom stereocenters. The van der Waals surface area contributed by atoms with E-state index in [2.05, 4.69) is 158 Å². The second-order valence-electron chi connectivity index (χ2n) is 9.81. The number of rotatable bonds is 6. The summed E-state index contributed by atoms with van der Waals surface area (Å²) in [6.07, 6.45) is 10.6. The predicted molar refractivity (Wildman–Crippen MR) is 170 cm³/mol. The minimum Gasteiger partial charge on any atom is -0.313 e. The molecule has 2 heterocycles. The molecule has 4 aromatic carbocycles. The molecule has 190 valence electrons. The van der Waals surface area contributed by atoms with E-state index in [9.17, 15) is 0 Å². The van der Waals surface area contributed by atoms with E-state index < -0.39 is 0 Å². The largest absolute Gasteiger partial charge is 0.313 e. The Morgan fingerprint density at radius 2 is 1.10 bits per heavy atom. The summed E-state index contributed by atoms with van der Waals surface area (Å²) < 4.78 is 4.69. The van der Waals surface area contributed by atoms with Crippen molar-refractivity contribution in [3.05, 3.63) is 138 Å². The van der Waals surface area contributed by atoms with Gasteiger partial charge in [0.05, 0.1) is 16.7 Å². The van der Waals surface area contributed by atoms with Crippen LogP contribution in [-0.2, 0) is 0 Å². The lowest BCUT2D eigenvalue weighted by Crippen LogP contribution is -1.98. The molecule has 0 unspecified atom stereocenters. The summed E-state index contributed by atoms with van der Waals surface area (Å²) >= 11 is 0. The van der Waals surface area contributed by atoms with Crippen molar-refractivity contribution in [2.24, 2.45) is 0 Å². The monoisotopic (exact) mass is 504 g/mol. The average Bonchev–Trinajstić information content (AvgIpc) is 3.45. The number of fused-ring (bicyclic) bond motifs is 2. The third-order valence-electron chi connectivity index (χ3n) is 7.51. The Hall–Kier alpha value is -4.82. The van der Waals surface area contributed by atoms with Crippen LogP contribution in [0, 0.1) is 6.92 Å². The molecule has 2 aromatic heterocycles. The lowest BCUT2D eigenvalue weighted by atomic mass is 10.0. The number of aromatic nitrogens is 2. The van der Waals surface area contributed by atoms with Gasteiger partial charge in [-0.1, -0.05) is 91.5 Å². The normalized spacial score (nSPS) is 11.9. The summed E-state index contributed by atoms with van der Waals surface area (Å²) in [6.45, 7) is 10.5. The number of hydrogen-bond donors (Lipinski definition) is 0. The Balaban J connectivity index is 1.51. The summed E-state index contributed by atoms with van der Waals surface area (Å²) in [7, 11) is 0. The van der Waals surface area contributed by atoms with E-state index in [1.807, 2.05) is 6.08 Å². The van der Waals surface area contributed by atoms with Crippen LogP contribution >= 0.6 is 0 Å². The lowest BCUT2D eigenvalue weighted by molar-refractivity contribution is 1.05. The Morgan fingerprint density at radius 3 is 1.69 bits per heavy atom. The third-order valence-corrected chi connectivity index (χ3v) is 7.51. The van der Waals surface area contributed by atoms with Crippen molar-refractivity contribution in [2.75, 3.05) is 0 Å². The number of hydrogen-bond acceptors (Lipinski definition) is 0. The van der Waals surface area contributed by atoms with Gasteiger partial charge in [0.2, 0.25) is 0 Å². The van der Waals surface area contributed by atoms with E-state index in [4.69, 9.17) is 0 Å². The summed E-state index contributed by atoms with van der Waals surface area (Å²) in [4.78, 5) is 0. The van der Waals surface area contributed by atoms with Gasteiger partial charge in [-0.25, -0.2) is 0 Å². The molecule has 0 fully saturated rings. The van der Waals surface area contributed by atoms with Crippen molar-refractivity contribution in [3.63, 3.8) is 0 Å². The highest BCUT2D eigenvalue weighted by Gasteiger charge is 2.16. The smallest absolute Gasteiger partial charge is 0.0541 e. The van der Waals surface area contributed by atoms with E-state index in [1.54, 1.807) is 0 Å². The van der Waals surface area contributed by atoms with Crippen LogP contribution in [0.2, 0.25) is 0 Å². The minimum absolute atomic E-state index is 1.10. The van der Waals surface area contributed by atoms with Crippen LogP contribution in [0.15, 0.2) is 116 Å². The molecule has 0 bridgehead atoms. The van der Waals surface area contributed by atoms with Crippen LogP contribution in [0.1, 0.15) is 36.4 Å². The Kier molecular flexibility index (Phi) is 6.38. The van der Waals surface area contributed by atoms with E-state index in [-0.39, 0.29) is 0 Å². The Bertz CT molecular complexity index is 1910. The van der Waals surface area contributed by atoms with Crippen molar-refractivity contribution in [1.29, 1.82) is 0 Å². The summed E-state index contributed by atoms with van der Waals surface area (Å²) in [5.41, 5.74) is 11.9. The van der Waals surface area contributed by atoms with Gasteiger partial charge in [-0.2, -0.15) is 0 Å². The second-order valence-corrected chi connectivity index (χ2v) is 9.81. The highest BCUT2D eigenvalue weighted by atomic mass is 15.0. The molecule has 0 aliphatic carbocycles. The van der Waals surface area contributed by atoms with Gasteiger partial charge in [0.1, 0.15) is 0 Å². The van der Waals surface area contributed by atoms with Crippen LogP contribution in [-0.4, -0.2) is 9.13 Å². The molecule has 0 saturated heterocycles. The van der Waals surface area contributed by atoms with Gasteiger partial charge < -0.3 is 9.13 Å². The van der Waals surface area contributed by atoms with Gasteiger partial charge >= 0.3 is 0 Å². The van der Waals surface area contributed by atoms with Gasteiger partial charge in [0.15, 0.2) is 0 Å². The molecule has 0 spiro atoms. The first-order valence-electron chi connectivity index (χ1n) is 13.5. The Morgan fingerprint density at radius 1 is 0.590 bits per heavy atom. The van der Waals surface area contributed by atoms with Gasteiger partial charge in [-0.3, -0.25) is 0 Å². The van der Waals surface area contributed by atoms with Crippen molar-refractivity contribution in [1.82, 2.24) is 9.13 Å². The van der Waals surface area contributed by atoms with Gasteiger partial charge in [-0.05, 0) is 74.4 Å². The van der Waals surface area contributed by atoms with Crippen LogP contribution in [0.3, 0.4) is 0 Å². The molecule has 39 heavy (non-hydrogen) atoms. The standard InChI is InChI=1S/C37H32N2/c1-5-14-31-26(4)38(36-22-10-8-20-33(31)36)29-18-12-16-27(24-29)28-17-13-19-30(25-28)39-35(7-3)32(15-6-2)34-21-9-11-23-37(34)39/h5-25H,3H2,1-2,4H3. The fourth-order valence-electron chi connectivity index (χ4n) is 5.86. The van der Waals surface area contributed by atoms with E-state index >= 15 is 0 Å². The SMILES string of the molecule is C=Cc1c(C=CC)c2ccccc2n1-c1cccc(-c2cccc(-n3c(C)c(C=CC)c4ccccc43)c2)c1. The maximum Gasteiger partial charge on any atom is 0.0541 e. The zero-order chi connectivity index (χ0) is 26.9. The van der Waals surface area contributed by atoms with Gasteiger partial charge in [0, 0.05) is 39.0 Å². The van der Waals surface area contributed by atoms with Crippen LogP contribution < -0.4 is 0 Å². The fourth-order valence-corrected chi connectivity index (χ4v) is 5.86. The first kappa shape index (κ1) is 24.5. The molecular formula is C37H32N2. The highest BCUT2D eigenvalue weighted by molar-refractivity contribution is 5.96. The maximum absolute atomic E-state index is 4.17. The van der Waals surface area contributed by atoms with Gasteiger partial charge in [-0.15, -0.1) is 0 Å². The first-order chi connectivity index (χ1) is 19.2. The molecule has 6 aromatic rings. The first-order valence-corrected chi connectivity index (χ1v) is 13.5. The lowest BCUT2D eigenvalue weighted by Gasteiger charge is -2.13. The molecule has 0 aliphatic heterocycles. The highest BCUT2D eigenvalue weighted by Crippen LogP contribution is 2.35. The molecule has 0 amide bonds. The second kappa shape index (κ2) is 10.2. The summed E-state index contributed by atoms with van der Waals surface area (Å²) in [5, 5.41) is 2.50. The topological polar surface area (TPSA) is 9.86 Å². The summed E-state index contributed by atoms with van der Waals surface area (Å²) in [5.74, 6) is 0. The molecule has 0 N–H and O–H groups in total. The zero-order valence-electron chi connectivity index (χ0n) is 22.7. The van der Waals surface area contributed by atoms with Crippen molar-refractivity contribution in [2.45, 2.75) is 20.8 Å². The summed E-state index contributed by atoms with van der Waals surface area (Å²) in [6, 6.07) is 34.9. The molecule has 2 nitrogen and oxygen atoms in total. The number of benzene rings is 4. The predicted octanol–water partition coefficient (Wildman–Crippen LogP) is 10.3. The van der Waals surface area contributed by atoms with E-state index in [0.717, 1.165) is 17.1 Å². The number of para-hydroxylation sites is 2. The average molecular weight is 505 g/mol. The third kappa shape index (κ3) is 4.06. The van der Waals surface area contributed by atoms with Crippen molar-refractivity contribution < 1.29 is 0 Å². The molecule has 6 rings (SSSR count). The molecule has 0 saturated carbocycles. The number of nitrogens with zero attached hydrogens (tertiary/aromatic N) is 2. The molecular weight excluding hydrogens is 472 g/mol. The van der Waals surface area contributed by atoms with Crippen molar-refractivity contribution >= 4 is 40.0 Å².